The Hall–Kier alpha value is -0.0100. The molecule has 0 amide bonds. The smallest absolute Gasteiger partial charge is 0.184 e. The van der Waals surface area contributed by atoms with E-state index in [2.05, 4.69) is 52.3 Å². The van der Waals surface area contributed by atoms with E-state index in [1.165, 1.54) is 25.7 Å². The maximum atomic E-state index is 4.42. The standard InChI is InChI=1S/C14H32N4.HI/c1-17(2,3)13-15-11-9-7-8-10-12-16-14-18(4,5)6;/h13-14H,7-12H2,1-6H3;1H/q+2;/p-1. The lowest BCUT2D eigenvalue weighted by atomic mass is 10.2. The fourth-order valence-electron chi connectivity index (χ4n) is 1.37. The van der Waals surface area contributed by atoms with Crippen LogP contribution in [0.25, 0.3) is 0 Å². The second kappa shape index (κ2) is 10.7. The van der Waals surface area contributed by atoms with Gasteiger partial charge in [0.15, 0.2) is 12.7 Å². The number of hydrogen-bond acceptors (Lipinski definition) is 2. The maximum Gasteiger partial charge on any atom is 0.184 e. The van der Waals surface area contributed by atoms with Crippen LogP contribution in [-0.4, -0.2) is 77.0 Å². The fraction of sp³-hybridized carbons (Fsp3) is 0.857. The van der Waals surface area contributed by atoms with Gasteiger partial charge in [0, 0.05) is 13.1 Å². The topological polar surface area (TPSA) is 24.7 Å². The Morgan fingerprint density at radius 2 is 0.947 bits per heavy atom. The van der Waals surface area contributed by atoms with Crippen molar-refractivity contribution in [3.8, 4) is 0 Å². The van der Waals surface area contributed by atoms with Gasteiger partial charge in [-0.2, -0.15) is 0 Å². The molecule has 0 bridgehead atoms. The lowest BCUT2D eigenvalue weighted by Gasteiger charge is -2.15. The van der Waals surface area contributed by atoms with Gasteiger partial charge in [-0.3, -0.25) is 8.97 Å². The van der Waals surface area contributed by atoms with Crippen LogP contribution in [0.2, 0.25) is 0 Å². The van der Waals surface area contributed by atoms with Gasteiger partial charge < -0.3 is 24.0 Å². The Kier molecular flexibility index (Phi) is 12.0. The van der Waals surface area contributed by atoms with E-state index in [0.29, 0.717) is 0 Å². The van der Waals surface area contributed by atoms with Crippen molar-refractivity contribution in [3.63, 3.8) is 0 Å². The van der Waals surface area contributed by atoms with Crippen LogP contribution in [0.3, 0.4) is 0 Å². The van der Waals surface area contributed by atoms with Gasteiger partial charge in [-0.05, 0) is 12.8 Å². The second-order valence-corrected chi connectivity index (χ2v) is 6.69. The molecule has 4 nitrogen and oxygen atoms in total. The third-order valence-corrected chi connectivity index (χ3v) is 2.18. The molecule has 0 aromatic heterocycles. The molecule has 0 aliphatic carbocycles. The minimum atomic E-state index is 0. The van der Waals surface area contributed by atoms with Gasteiger partial charge in [0.05, 0.1) is 42.3 Å². The van der Waals surface area contributed by atoms with Crippen LogP contribution in [-0.2, 0) is 0 Å². The summed E-state index contributed by atoms with van der Waals surface area (Å²) in [5, 5.41) is 0. The van der Waals surface area contributed by atoms with Gasteiger partial charge in [0.25, 0.3) is 0 Å². The zero-order valence-corrected chi connectivity index (χ0v) is 15.7. The third-order valence-electron chi connectivity index (χ3n) is 2.18. The normalized spacial score (nSPS) is 13.2. The molecule has 0 fully saturated rings. The van der Waals surface area contributed by atoms with Crippen molar-refractivity contribution in [1.82, 2.24) is 0 Å². The minimum Gasteiger partial charge on any atom is -1.00 e. The Labute approximate surface area is 136 Å². The van der Waals surface area contributed by atoms with Crippen molar-refractivity contribution in [2.24, 2.45) is 9.98 Å². The highest BCUT2D eigenvalue weighted by Gasteiger charge is 2.00. The van der Waals surface area contributed by atoms with Crippen LogP contribution < -0.4 is 24.0 Å². The number of quaternary nitrogens is 2. The van der Waals surface area contributed by atoms with Gasteiger partial charge in [-0.1, -0.05) is 12.8 Å². The molecule has 0 heterocycles. The predicted octanol–water partition coefficient (Wildman–Crippen LogP) is -0.980. The first-order valence-electron chi connectivity index (χ1n) is 6.85. The Morgan fingerprint density at radius 3 is 1.21 bits per heavy atom. The largest absolute Gasteiger partial charge is 1.00 e. The van der Waals surface area contributed by atoms with Crippen LogP contribution in [0.1, 0.15) is 25.7 Å². The van der Waals surface area contributed by atoms with E-state index in [-0.39, 0.29) is 24.0 Å². The zero-order chi connectivity index (χ0) is 14.1. The average molecular weight is 383 g/mol. The SMILES string of the molecule is C[N+](C)(C)C=NCCCCCCN=C[N+](C)(C)C.[I-]. The van der Waals surface area contributed by atoms with Crippen LogP contribution in [0.4, 0.5) is 0 Å². The summed E-state index contributed by atoms with van der Waals surface area (Å²) in [5.74, 6) is 0. The summed E-state index contributed by atoms with van der Waals surface area (Å²) < 4.78 is 1.61. The summed E-state index contributed by atoms with van der Waals surface area (Å²) in [4.78, 5) is 8.85. The van der Waals surface area contributed by atoms with Gasteiger partial charge in [0.1, 0.15) is 0 Å². The molecular weight excluding hydrogens is 351 g/mol. The highest BCUT2D eigenvalue weighted by Crippen LogP contribution is 2.00. The summed E-state index contributed by atoms with van der Waals surface area (Å²) in [6.45, 7) is 1.91. The summed E-state index contributed by atoms with van der Waals surface area (Å²) in [5.41, 5.74) is 0. The molecule has 0 aromatic rings. The highest BCUT2D eigenvalue weighted by atomic mass is 127. The van der Waals surface area contributed by atoms with Crippen molar-refractivity contribution < 1.29 is 32.9 Å². The Morgan fingerprint density at radius 1 is 0.632 bits per heavy atom. The molecule has 0 spiro atoms. The van der Waals surface area contributed by atoms with Crippen LogP contribution >= 0.6 is 0 Å². The van der Waals surface area contributed by atoms with Crippen LogP contribution in [0.15, 0.2) is 9.98 Å². The van der Waals surface area contributed by atoms with E-state index >= 15 is 0 Å². The lowest BCUT2D eigenvalue weighted by molar-refractivity contribution is -0.769. The molecule has 0 aromatic carbocycles. The first-order chi connectivity index (χ1) is 8.21. The summed E-state index contributed by atoms with van der Waals surface area (Å²) in [6, 6.07) is 0. The second-order valence-electron chi connectivity index (χ2n) is 6.69. The number of unbranched alkanes of at least 4 members (excludes halogenated alkanes) is 3. The zero-order valence-electron chi connectivity index (χ0n) is 13.6. The van der Waals surface area contributed by atoms with Crippen molar-refractivity contribution in [2.75, 3.05) is 55.4 Å². The van der Waals surface area contributed by atoms with Crippen molar-refractivity contribution in [2.45, 2.75) is 25.7 Å². The van der Waals surface area contributed by atoms with Crippen molar-refractivity contribution in [1.29, 1.82) is 0 Å². The van der Waals surface area contributed by atoms with Crippen molar-refractivity contribution >= 4 is 12.7 Å². The molecule has 0 unspecified atom stereocenters. The van der Waals surface area contributed by atoms with E-state index < -0.39 is 0 Å². The molecule has 0 aliphatic rings. The molecule has 5 heteroatoms. The molecule has 0 atom stereocenters. The van der Waals surface area contributed by atoms with E-state index in [4.69, 9.17) is 0 Å². The summed E-state index contributed by atoms with van der Waals surface area (Å²) in [7, 11) is 12.7. The monoisotopic (exact) mass is 383 g/mol. The molecule has 0 saturated carbocycles. The molecule has 0 N–H and O–H groups in total. The quantitative estimate of drug-likeness (QED) is 0.161. The Bertz CT molecular complexity index is 234. The van der Waals surface area contributed by atoms with Gasteiger partial charge in [-0.15, -0.1) is 0 Å². The minimum absolute atomic E-state index is 0. The first-order valence-corrected chi connectivity index (χ1v) is 6.85. The average Bonchev–Trinajstić information content (AvgIpc) is 2.17. The molecule has 0 rings (SSSR count). The molecule has 0 saturated heterocycles. The molecular formula is C14H32IN4+. The predicted molar refractivity (Wildman–Crippen MR) is 81.3 cm³/mol. The summed E-state index contributed by atoms with van der Waals surface area (Å²) >= 11 is 0. The number of hydrogen-bond donors (Lipinski definition) is 0. The third kappa shape index (κ3) is 20.5. The fourth-order valence-corrected chi connectivity index (χ4v) is 1.37. The summed E-state index contributed by atoms with van der Waals surface area (Å²) in [6.07, 6.45) is 8.91. The lowest BCUT2D eigenvalue weighted by Crippen LogP contribution is -3.00. The molecule has 0 radical (unpaired) electrons. The van der Waals surface area contributed by atoms with Crippen LogP contribution in [0.5, 0.6) is 0 Å². The van der Waals surface area contributed by atoms with Crippen molar-refractivity contribution in [3.05, 3.63) is 0 Å². The Balaban J connectivity index is 0. The number of halogens is 1. The van der Waals surface area contributed by atoms with Gasteiger partial charge >= 0.3 is 0 Å². The molecule has 114 valence electrons. The van der Waals surface area contributed by atoms with Gasteiger partial charge in [-0.25, -0.2) is 9.98 Å². The molecule has 0 aliphatic heterocycles. The van der Waals surface area contributed by atoms with Gasteiger partial charge in [0.2, 0.25) is 0 Å². The maximum absolute atomic E-state index is 4.42. The first kappa shape index (κ1) is 21.3. The van der Waals surface area contributed by atoms with E-state index in [1.807, 2.05) is 12.7 Å². The highest BCUT2D eigenvalue weighted by molar-refractivity contribution is 5.45. The van der Waals surface area contributed by atoms with E-state index in [9.17, 15) is 0 Å². The van der Waals surface area contributed by atoms with E-state index in [0.717, 1.165) is 22.1 Å². The van der Waals surface area contributed by atoms with Crippen LogP contribution in [0, 0.1) is 0 Å². The number of aliphatic imine (C=N–C) groups is 2. The molecule has 19 heavy (non-hydrogen) atoms. The number of nitrogens with zero attached hydrogens (tertiary/aromatic N) is 4. The number of rotatable bonds is 9. The van der Waals surface area contributed by atoms with E-state index in [1.54, 1.807) is 0 Å².